The average molecular weight is 388 g/mol. The monoisotopic (exact) mass is 386 g/mol. The number of halogens is 3. The molecule has 98 valence electrons. The molecular weight excluding hydrogens is 379 g/mol. The van der Waals surface area contributed by atoms with Gasteiger partial charge in [-0.3, -0.25) is 4.79 Å². The maximum Gasteiger partial charge on any atom is 0.257 e. The van der Waals surface area contributed by atoms with E-state index in [4.69, 9.17) is 0 Å². The van der Waals surface area contributed by atoms with Gasteiger partial charge in [-0.05, 0) is 68.6 Å². The lowest BCUT2D eigenvalue weighted by Gasteiger charge is -2.09. The first-order valence-corrected chi connectivity index (χ1v) is 6.94. The second-order valence-corrected chi connectivity index (χ2v) is 5.57. The highest BCUT2D eigenvalue weighted by Gasteiger charge is 2.10. The summed E-state index contributed by atoms with van der Waals surface area (Å²) >= 11 is 6.29. The summed E-state index contributed by atoms with van der Waals surface area (Å²) in [5, 5.41) is 2.66. The number of amides is 1. The summed E-state index contributed by atoms with van der Waals surface area (Å²) < 4.78 is 14.5. The van der Waals surface area contributed by atoms with Crippen LogP contribution in [0.2, 0.25) is 0 Å². The van der Waals surface area contributed by atoms with Crippen molar-refractivity contribution in [2.45, 2.75) is 6.92 Å². The van der Waals surface area contributed by atoms with Crippen LogP contribution in [-0.2, 0) is 0 Å². The van der Waals surface area contributed by atoms with Gasteiger partial charge in [0, 0.05) is 11.9 Å². The number of hydrogen-bond acceptors (Lipinski definition) is 2. The molecule has 1 N–H and O–H groups in total. The summed E-state index contributed by atoms with van der Waals surface area (Å²) in [6.45, 7) is 1.79. The number of pyridine rings is 1. The Bertz CT molecular complexity index is 629. The highest BCUT2D eigenvalue weighted by atomic mass is 79.9. The van der Waals surface area contributed by atoms with Crippen molar-refractivity contribution in [1.29, 1.82) is 0 Å². The minimum atomic E-state index is -0.421. The fourth-order valence-corrected chi connectivity index (χ4v) is 2.18. The molecule has 0 bridgehead atoms. The number of anilines is 1. The summed E-state index contributed by atoms with van der Waals surface area (Å²) in [4.78, 5) is 15.9. The minimum Gasteiger partial charge on any atom is -0.322 e. The largest absolute Gasteiger partial charge is 0.322 e. The van der Waals surface area contributed by atoms with Gasteiger partial charge in [-0.1, -0.05) is 0 Å². The third kappa shape index (κ3) is 3.39. The van der Waals surface area contributed by atoms with Crippen LogP contribution in [-0.4, -0.2) is 10.9 Å². The summed E-state index contributed by atoms with van der Waals surface area (Å²) in [5.74, 6) is -0.750. The molecule has 0 radical (unpaired) electrons. The number of nitrogens with zero attached hydrogens (tertiary/aromatic N) is 1. The van der Waals surface area contributed by atoms with E-state index in [9.17, 15) is 9.18 Å². The minimum absolute atomic E-state index is 0.329. The molecule has 1 amide bonds. The van der Waals surface area contributed by atoms with E-state index in [1.165, 1.54) is 12.3 Å². The lowest BCUT2D eigenvalue weighted by Crippen LogP contribution is -2.13. The van der Waals surface area contributed by atoms with Gasteiger partial charge in [0.05, 0.1) is 10.0 Å². The molecule has 1 heterocycles. The van der Waals surface area contributed by atoms with Crippen LogP contribution < -0.4 is 5.32 Å². The van der Waals surface area contributed by atoms with E-state index in [1.54, 1.807) is 25.1 Å². The number of aryl methyl sites for hydroxylation is 1. The third-order valence-corrected chi connectivity index (χ3v) is 3.58. The molecule has 2 rings (SSSR count). The lowest BCUT2D eigenvalue weighted by atomic mass is 10.2. The van der Waals surface area contributed by atoms with Crippen molar-refractivity contribution in [3.63, 3.8) is 0 Å². The van der Waals surface area contributed by atoms with Crippen molar-refractivity contribution < 1.29 is 9.18 Å². The first-order valence-electron chi connectivity index (χ1n) is 5.36. The molecule has 19 heavy (non-hydrogen) atoms. The van der Waals surface area contributed by atoms with Crippen LogP contribution in [0.1, 0.15) is 15.9 Å². The second-order valence-electron chi connectivity index (χ2n) is 3.90. The Morgan fingerprint density at radius 1 is 1.32 bits per heavy atom. The molecule has 6 heteroatoms. The van der Waals surface area contributed by atoms with E-state index in [2.05, 4.69) is 42.2 Å². The first-order chi connectivity index (χ1) is 8.97. The molecule has 0 unspecified atom stereocenters. The van der Waals surface area contributed by atoms with Crippen molar-refractivity contribution in [2.75, 3.05) is 5.32 Å². The van der Waals surface area contributed by atoms with Gasteiger partial charge in [-0.25, -0.2) is 9.37 Å². The molecule has 0 saturated heterocycles. The van der Waals surface area contributed by atoms with E-state index < -0.39 is 5.82 Å². The van der Waals surface area contributed by atoms with Crippen LogP contribution >= 0.6 is 31.9 Å². The molecule has 0 saturated carbocycles. The maximum atomic E-state index is 13.4. The van der Waals surface area contributed by atoms with Crippen molar-refractivity contribution >= 4 is 43.5 Å². The normalized spacial score (nSPS) is 10.3. The SMILES string of the molecule is Cc1cc(Br)c(F)cc1NC(=O)c1ccc(Br)nc1. The van der Waals surface area contributed by atoms with Gasteiger partial charge in [-0.15, -0.1) is 0 Å². The molecular formula is C13H9Br2FN2O. The zero-order valence-corrected chi connectivity index (χ0v) is 13.0. The molecule has 0 aliphatic rings. The van der Waals surface area contributed by atoms with Crippen molar-refractivity contribution in [3.05, 3.63) is 56.5 Å². The summed E-state index contributed by atoms with van der Waals surface area (Å²) in [6, 6.07) is 6.20. The number of benzene rings is 1. The van der Waals surface area contributed by atoms with Crippen molar-refractivity contribution in [1.82, 2.24) is 4.98 Å². The van der Waals surface area contributed by atoms with E-state index in [0.717, 1.165) is 5.56 Å². The van der Waals surface area contributed by atoms with E-state index in [-0.39, 0.29) is 5.91 Å². The smallest absolute Gasteiger partial charge is 0.257 e. The Balaban J connectivity index is 2.24. The second kappa shape index (κ2) is 5.79. The Morgan fingerprint density at radius 3 is 2.68 bits per heavy atom. The van der Waals surface area contributed by atoms with Crippen LogP contribution in [0.15, 0.2) is 39.5 Å². The van der Waals surface area contributed by atoms with Crippen molar-refractivity contribution in [3.8, 4) is 0 Å². The molecule has 0 aliphatic carbocycles. The summed E-state index contributed by atoms with van der Waals surface area (Å²) in [5.41, 5.74) is 1.62. The van der Waals surface area contributed by atoms with E-state index >= 15 is 0 Å². The lowest BCUT2D eigenvalue weighted by molar-refractivity contribution is 0.102. The molecule has 0 fully saturated rings. The Morgan fingerprint density at radius 2 is 2.05 bits per heavy atom. The molecule has 0 aliphatic heterocycles. The standard InChI is InChI=1S/C13H9Br2FN2O/c1-7-4-9(14)10(16)5-11(7)18-13(19)8-2-3-12(15)17-6-8/h2-6H,1H3,(H,18,19). The fraction of sp³-hybridized carbons (Fsp3) is 0.0769. The topological polar surface area (TPSA) is 42.0 Å². The zero-order valence-electron chi connectivity index (χ0n) is 9.88. The average Bonchev–Trinajstić information content (AvgIpc) is 2.36. The Hall–Kier alpha value is -1.27. The zero-order chi connectivity index (χ0) is 14.0. The predicted octanol–water partition coefficient (Wildman–Crippen LogP) is 4.31. The Kier molecular flexibility index (Phi) is 4.31. The highest BCUT2D eigenvalue weighted by molar-refractivity contribution is 9.10. The van der Waals surface area contributed by atoms with E-state index in [1.807, 2.05) is 0 Å². The third-order valence-electron chi connectivity index (χ3n) is 2.51. The predicted molar refractivity (Wildman–Crippen MR) is 78.7 cm³/mol. The summed E-state index contributed by atoms with van der Waals surface area (Å²) in [6.07, 6.45) is 1.45. The van der Waals surface area contributed by atoms with Gasteiger partial charge in [-0.2, -0.15) is 0 Å². The number of carbonyl (C=O) groups is 1. The number of carbonyl (C=O) groups excluding carboxylic acids is 1. The fourth-order valence-electron chi connectivity index (χ4n) is 1.49. The molecule has 1 aromatic carbocycles. The number of aromatic nitrogens is 1. The molecule has 2 aromatic rings. The quantitative estimate of drug-likeness (QED) is 0.780. The molecule has 3 nitrogen and oxygen atoms in total. The molecule has 0 spiro atoms. The van der Waals surface area contributed by atoms with E-state index in [0.29, 0.717) is 20.3 Å². The van der Waals surface area contributed by atoms with Crippen LogP contribution in [0.4, 0.5) is 10.1 Å². The molecule has 1 aromatic heterocycles. The van der Waals surface area contributed by atoms with Crippen molar-refractivity contribution in [2.24, 2.45) is 0 Å². The maximum absolute atomic E-state index is 13.4. The van der Waals surface area contributed by atoms with Gasteiger partial charge < -0.3 is 5.32 Å². The van der Waals surface area contributed by atoms with Gasteiger partial charge in [0.15, 0.2) is 0 Å². The molecule has 0 atom stereocenters. The van der Waals surface area contributed by atoms with Gasteiger partial charge >= 0.3 is 0 Å². The van der Waals surface area contributed by atoms with Crippen LogP contribution in [0.5, 0.6) is 0 Å². The summed E-state index contributed by atoms with van der Waals surface area (Å²) in [7, 11) is 0. The van der Waals surface area contributed by atoms with Crippen LogP contribution in [0, 0.1) is 12.7 Å². The van der Waals surface area contributed by atoms with Crippen LogP contribution in [0.3, 0.4) is 0 Å². The number of rotatable bonds is 2. The Labute approximate surface area is 126 Å². The van der Waals surface area contributed by atoms with Crippen LogP contribution in [0.25, 0.3) is 0 Å². The number of hydrogen-bond donors (Lipinski definition) is 1. The van der Waals surface area contributed by atoms with Gasteiger partial charge in [0.1, 0.15) is 10.4 Å². The first kappa shape index (κ1) is 14.1. The van der Waals surface area contributed by atoms with Gasteiger partial charge in [0.2, 0.25) is 0 Å². The van der Waals surface area contributed by atoms with Gasteiger partial charge in [0.25, 0.3) is 5.91 Å². The highest BCUT2D eigenvalue weighted by Crippen LogP contribution is 2.24. The number of nitrogens with one attached hydrogen (secondary N) is 1.